The fourth-order valence-corrected chi connectivity index (χ4v) is 2.22. The van der Waals surface area contributed by atoms with Gasteiger partial charge in [-0.1, -0.05) is 0 Å². The van der Waals surface area contributed by atoms with Gasteiger partial charge >= 0.3 is 0 Å². The number of carbonyl (C=O) groups is 1. The molecule has 0 bridgehead atoms. The van der Waals surface area contributed by atoms with Crippen molar-refractivity contribution in [2.75, 3.05) is 11.1 Å². The van der Waals surface area contributed by atoms with Crippen molar-refractivity contribution in [2.45, 2.75) is 20.0 Å². The topological polar surface area (TPSA) is 77.2 Å². The Bertz CT molecular complexity index is 566. The van der Waals surface area contributed by atoms with Gasteiger partial charge in [-0.05, 0) is 31.2 Å². The third kappa shape index (κ3) is 3.69. The molecule has 2 aromatic rings. The molecule has 0 aliphatic rings. The summed E-state index contributed by atoms with van der Waals surface area (Å²) in [7, 11) is 0. The molecule has 6 heteroatoms. The molecule has 2 rings (SSSR count). The Morgan fingerprint density at radius 1 is 1.42 bits per heavy atom. The van der Waals surface area contributed by atoms with Crippen LogP contribution in [0.15, 0.2) is 29.6 Å². The summed E-state index contributed by atoms with van der Waals surface area (Å²) < 4.78 is 5.75. The second kappa shape index (κ2) is 5.71. The van der Waals surface area contributed by atoms with Gasteiger partial charge in [-0.25, -0.2) is 4.98 Å². The van der Waals surface area contributed by atoms with E-state index in [1.807, 2.05) is 12.3 Å². The van der Waals surface area contributed by atoms with Crippen LogP contribution in [-0.4, -0.2) is 10.9 Å². The van der Waals surface area contributed by atoms with Gasteiger partial charge in [-0.15, -0.1) is 11.3 Å². The summed E-state index contributed by atoms with van der Waals surface area (Å²) in [4.78, 5) is 15.1. The third-order valence-electron chi connectivity index (χ3n) is 2.44. The standard InChI is InChI=1S/C13H15N3O2S/c1-8(12-7-19-13(14)16-12)18-11-5-3-10(4-6-11)15-9(2)17/h3-8H,1-2H3,(H2,14,16)(H,15,17). The zero-order chi connectivity index (χ0) is 13.8. The first-order valence-corrected chi connectivity index (χ1v) is 6.68. The van der Waals surface area contributed by atoms with Gasteiger partial charge < -0.3 is 15.8 Å². The van der Waals surface area contributed by atoms with E-state index < -0.39 is 0 Å². The molecule has 0 radical (unpaired) electrons. The molecule has 0 aliphatic heterocycles. The van der Waals surface area contributed by atoms with E-state index in [2.05, 4.69) is 10.3 Å². The Morgan fingerprint density at radius 3 is 2.63 bits per heavy atom. The second-order valence-corrected chi connectivity index (χ2v) is 4.97. The van der Waals surface area contributed by atoms with Crippen LogP contribution in [0.4, 0.5) is 10.8 Å². The number of nitrogen functional groups attached to an aromatic ring is 1. The molecule has 1 unspecified atom stereocenters. The lowest BCUT2D eigenvalue weighted by molar-refractivity contribution is -0.114. The van der Waals surface area contributed by atoms with Gasteiger partial charge in [0.1, 0.15) is 11.9 Å². The van der Waals surface area contributed by atoms with Crippen molar-refractivity contribution in [2.24, 2.45) is 0 Å². The maximum Gasteiger partial charge on any atom is 0.221 e. The SMILES string of the molecule is CC(=O)Nc1ccc(OC(C)c2csc(N)n2)cc1. The average Bonchev–Trinajstić information content (AvgIpc) is 2.78. The number of anilines is 2. The molecule has 1 atom stereocenters. The molecule has 0 aliphatic carbocycles. The first-order chi connectivity index (χ1) is 9.04. The van der Waals surface area contributed by atoms with Crippen molar-refractivity contribution in [3.8, 4) is 5.75 Å². The minimum absolute atomic E-state index is 0.0972. The van der Waals surface area contributed by atoms with Crippen molar-refractivity contribution in [3.63, 3.8) is 0 Å². The maximum atomic E-state index is 10.9. The van der Waals surface area contributed by atoms with Crippen molar-refractivity contribution < 1.29 is 9.53 Å². The smallest absolute Gasteiger partial charge is 0.221 e. The Hall–Kier alpha value is -2.08. The van der Waals surface area contributed by atoms with Crippen LogP contribution in [0.1, 0.15) is 25.6 Å². The van der Waals surface area contributed by atoms with E-state index in [-0.39, 0.29) is 12.0 Å². The lowest BCUT2D eigenvalue weighted by Crippen LogP contribution is -2.06. The normalized spacial score (nSPS) is 11.9. The first kappa shape index (κ1) is 13.4. The summed E-state index contributed by atoms with van der Waals surface area (Å²) in [6.07, 6.45) is -0.167. The van der Waals surface area contributed by atoms with Crippen LogP contribution >= 0.6 is 11.3 Å². The summed E-state index contributed by atoms with van der Waals surface area (Å²) >= 11 is 1.39. The summed E-state index contributed by atoms with van der Waals surface area (Å²) in [5.74, 6) is 0.619. The number of amides is 1. The highest BCUT2D eigenvalue weighted by molar-refractivity contribution is 7.13. The van der Waals surface area contributed by atoms with Crippen molar-refractivity contribution >= 4 is 28.1 Å². The van der Waals surface area contributed by atoms with Gasteiger partial charge in [-0.2, -0.15) is 0 Å². The Balaban J connectivity index is 2.01. The van der Waals surface area contributed by atoms with E-state index in [4.69, 9.17) is 10.5 Å². The quantitative estimate of drug-likeness (QED) is 0.900. The molecule has 3 N–H and O–H groups in total. The molecule has 0 saturated carbocycles. The Morgan fingerprint density at radius 2 is 2.11 bits per heavy atom. The number of aromatic nitrogens is 1. The minimum Gasteiger partial charge on any atom is -0.484 e. The number of rotatable bonds is 4. The summed E-state index contributed by atoms with van der Waals surface area (Å²) in [5.41, 5.74) is 7.14. The average molecular weight is 277 g/mol. The molecule has 1 amide bonds. The zero-order valence-corrected chi connectivity index (χ0v) is 11.5. The number of ether oxygens (including phenoxy) is 1. The molecule has 100 valence electrons. The largest absolute Gasteiger partial charge is 0.484 e. The van der Waals surface area contributed by atoms with E-state index in [1.54, 1.807) is 24.3 Å². The highest BCUT2D eigenvalue weighted by atomic mass is 32.1. The Labute approximate surface area is 115 Å². The summed E-state index contributed by atoms with van der Waals surface area (Å²) in [5, 5.41) is 5.11. The van der Waals surface area contributed by atoms with E-state index in [1.165, 1.54) is 18.3 Å². The predicted octanol–water partition coefficient (Wildman–Crippen LogP) is 2.82. The minimum atomic E-state index is -0.167. The third-order valence-corrected chi connectivity index (χ3v) is 3.14. The second-order valence-electron chi connectivity index (χ2n) is 4.08. The van der Waals surface area contributed by atoms with Crippen LogP contribution in [0, 0.1) is 0 Å². The summed E-state index contributed by atoms with van der Waals surface area (Å²) in [6, 6.07) is 7.19. The van der Waals surface area contributed by atoms with Gasteiger partial charge in [0.2, 0.25) is 5.91 Å². The van der Waals surface area contributed by atoms with Crippen LogP contribution in [-0.2, 0) is 4.79 Å². The number of carbonyl (C=O) groups excluding carboxylic acids is 1. The molecule has 1 aromatic carbocycles. The number of thiazole rings is 1. The van der Waals surface area contributed by atoms with Gasteiger partial charge in [0.15, 0.2) is 5.13 Å². The number of hydrogen-bond acceptors (Lipinski definition) is 5. The summed E-state index contributed by atoms with van der Waals surface area (Å²) in [6.45, 7) is 3.38. The van der Waals surface area contributed by atoms with Gasteiger partial charge in [0.25, 0.3) is 0 Å². The number of benzene rings is 1. The van der Waals surface area contributed by atoms with Gasteiger partial charge in [-0.3, -0.25) is 4.79 Å². The van der Waals surface area contributed by atoms with E-state index in [0.29, 0.717) is 10.9 Å². The highest BCUT2D eigenvalue weighted by Crippen LogP contribution is 2.24. The number of nitrogens with two attached hydrogens (primary N) is 1. The van der Waals surface area contributed by atoms with E-state index >= 15 is 0 Å². The number of hydrogen-bond donors (Lipinski definition) is 2. The van der Waals surface area contributed by atoms with Crippen LogP contribution in [0.2, 0.25) is 0 Å². The van der Waals surface area contributed by atoms with Crippen molar-refractivity contribution in [1.29, 1.82) is 0 Å². The highest BCUT2D eigenvalue weighted by Gasteiger charge is 2.10. The molecule has 19 heavy (non-hydrogen) atoms. The molecule has 1 heterocycles. The van der Waals surface area contributed by atoms with E-state index in [9.17, 15) is 4.79 Å². The van der Waals surface area contributed by atoms with Crippen LogP contribution < -0.4 is 15.8 Å². The van der Waals surface area contributed by atoms with Gasteiger partial charge in [0.05, 0.1) is 5.69 Å². The zero-order valence-electron chi connectivity index (χ0n) is 10.7. The fraction of sp³-hybridized carbons (Fsp3) is 0.231. The lowest BCUT2D eigenvalue weighted by atomic mass is 10.3. The van der Waals surface area contributed by atoms with E-state index in [0.717, 1.165) is 11.4 Å². The molecular formula is C13H15N3O2S. The predicted molar refractivity (Wildman–Crippen MR) is 76.3 cm³/mol. The molecule has 0 saturated heterocycles. The monoisotopic (exact) mass is 277 g/mol. The van der Waals surface area contributed by atoms with Crippen molar-refractivity contribution in [1.82, 2.24) is 4.98 Å². The Kier molecular flexibility index (Phi) is 4.01. The lowest BCUT2D eigenvalue weighted by Gasteiger charge is -2.13. The number of nitrogens with zero attached hydrogens (tertiary/aromatic N) is 1. The molecule has 1 aromatic heterocycles. The van der Waals surface area contributed by atoms with Crippen molar-refractivity contribution in [3.05, 3.63) is 35.3 Å². The van der Waals surface area contributed by atoms with Crippen LogP contribution in [0.25, 0.3) is 0 Å². The molecule has 0 fully saturated rings. The maximum absolute atomic E-state index is 10.9. The molecular weight excluding hydrogens is 262 g/mol. The molecule has 5 nitrogen and oxygen atoms in total. The van der Waals surface area contributed by atoms with Gasteiger partial charge in [0, 0.05) is 18.0 Å². The first-order valence-electron chi connectivity index (χ1n) is 5.80. The van der Waals surface area contributed by atoms with Crippen LogP contribution in [0.5, 0.6) is 5.75 Å². The van der Waals surface area contributed by atoms with Crippen LogP contribution in [0.3, 0.4) is 0 Å². The number of nitrogens with one attached hydrogen (secondary N) is 1. The molecule has 0 spiro atoms. The fourth-order valence-electron chi connectivity index (χ4n) is 1.57.